The van der Waals surface area contributed by atoms with E-state index < -0.39 is 17.3 Å². The van der Waals surface area contributed by atoms with Crippen LogP contribution in [0.4, 0.5) is 24.0 Å². The van der Waals surface area contributed by atoms with Gasteiger partial charge in [0.25, 0.3) is 5.56 Å². The van der Waals surface area contributed by atoms with E-state index in [1.54, 1.807) is 29.6 Å². The van der Waals surface area contributed by atoms with Gasteiger partial charge in [-0.15, -0.1) is 11.3 Å². The number of rotatable bonds is 5. The van der Waals surface area contributed by atoms with Crippen LogP contribution < -0.4 is 15.2 Å². The van der Waals surface area contributed by atoms with E-state index >= 15 is 0 Å². The molecule has 3 rings (SSSR count). The number of alkyl halides is 3. The number of aromatic nitrogens is 2. The fourth-order valence-electron chi connectivity index (χ4n) is 2.69. The summed E-state index contributed by atoms with van der Waals surface area (Å²) in [4.78, 5) is 29.9. The molecule has 0 aliphatic rings. The van der Waals surface area contributed by atoms with Gasteiger partial charge >= 0.3 is 6.18 Å². The van der Waals surface area contributed by atoms with Crippen LogP contribution >= 0.6 is 11.3 Å². The lowest BCUT2D eigenvalue weighted by atomic mass is 10.2. The summed E-state index contributed by atoms with van der Waals surface area (Å²) in [6.07, 6.45) is -3.80. The molecule has 10 heteroatoms. The largest absolute Gasteiger partial charge is 0.495 e. The summed E-state index contributed by atoms with van der Waals surface area (Å²) in [5.74, 6) is 0.153. The number of hydrogen-bond donors (Lipinski definition) is 0. The fourth-order valence-corrected chi connectivity index (χ4v) is 3.56. The van der Waals surface area contributed by atoms with Crippen LogP contribution in [0.3, 0.4) is 0 Å². The van der Waals surface area contributed by atoms with Gasteiger partial charge in [0, 0.05) is 24.6 Å². The molecule has 0 fully saturated rings. The van der Waals surface area contributed by atoms with Crippen molar-refractivity contribution >= 4 is 28.1 Å². The number of thiazole rings is 1. The molecular formula is C19H16F3N3O3S. The van der Waals surface area contributed by atoms with E-state index in [1.165, 1.54) is 18.9 Å². The maximum Gasteiger partial charge on any atom is 0.417 e. The van der Waals surface area contributed by atoms with E-state index in [4.69, 9.17) is 4.74 Å². The molecule has 29 heavy (non-hydrogen) atoms. The highest BCUT2D eigenvalue weighted by molar-refractivity contribution is 7.14. The van der Waals surface area contributed by atoms with Crippen LogP contribution in [-0.2, 0) is 17.5 Å². The molecule has 2 aromatic heterocycles. The second-order valence-electron chi connectivity index (χ2n) is 6.03. The number of nitrogens with zero attached hydrogens (tertiary/aromatic N) is 3. The van der Waals surface area contributed by atoms with Gasteiger partial charge in [0.1, 0.15) is 5.75 Å². The summed E-state index contributed by atoms with van der Waals surface area (Å²) in [7, 11) is 1.48. The number of amides is 1. The van der Waals surface area contributed by atoms with E-state index in [0.29, 0.717) is 22.3 Å². The van der Waals surface area contributed by atoms with Crippen LogP contribution in [0.15, 0.2) is 52.8 Å². The topological polar surface area (TPSA) is 64.4 Å². The van der Waals surface area contributed by atoms with Gasteiger partial charge in [-0.3, -0.25) is 14.5 Å². The second-order valence-corrected chi connectivity index (χ2v) is 6.87. The van der Waals surface area contributed by atoms with Crippen LogP contribution in [0.5, 0.6) is 5.75 Å². The second kappa shape index (κ2) is 8.08. The van der Waals surface area contributed by atoms with E-state index in [-0.39, 0.29) is 12.5 Å². The number of para-hydroxylation sites is 2. The summed E-state index contributed by atoms with van der Waals surface area (Å²) in [6.45, 7) is 1.21. The van der Waals surface area contributed by atoms with Crippen molar-refractivity contribution in [2.75, 3.05) is 12.0 Å². The summed E-state index contributed by atoms with van der Waals surface area (Å²) >= 11 is 1.14. The Kier molecular flexibility index (Phi) is 5.73. The first-order chi connectivity index (χ1) is 13.7. The molecule has 152 valence electrons. The van der Waals surface area contributed by atoms with Gasteiger partial charge in [0.15, 0.2) is 5.13 Å². The van der Waals surface area contributed by atoms with Crippen LogP contribution in [-0.4, -0.2) is 22.6 Å². The molecule has 0 spiro atoms. The Hall–Kier alpha value is -3.14. The number of carbonyl (C=O) groups excluding carboxylic acids is 1. The molecule has 0 radical (unpaired) electrons. The SMILES string of the molecule is COc1ccccc1N(C(C)=O)c1nc(Cn2cc(C(F)(F)F)ccc2=O)cs1. The van der Waals surface area contributed by atoms with Crippen molar-refractivity contribution in [3.05, 3.63) is 69.6 Å². The number of benzene rings is 1. The van der Waals surface area contributed by atoms with Gasteiger partial charge in [0.2, 0.25) is 5.91 Å². The number of hydrogen-bond acceptors (Lipinski definition) is 5. The van der Waals surface area contributed by atoms with Crippen LogP contribution in [0.1, 0.15) is 18.2 Å². The lowest BCUT2D eigenvalue weighted by Gasteiger charge is -2.20. The molecule has 0 N–H and O–H groups in total. The van der Waals surface area contributed by atoms with Gasteiger partial charge in [-0.1, -0.05) is 12.1 Å². The van der Waals surface area contributed by atoms with Crippen LogP contribution in [0.2, 0.25) is 0 Å². The highest BCUT2D eigenvalue weighted by Gasteiger charge is 2.31. The van der Waals surface area contributed by atoms with Crippen molar-refractivity contribution < 1.29 is 22.7 Å². The number of pyridine rings is 1. The zero-order valence-electron chi connectivity index (χ0n) is 15.4. The van der Waals surface area contributed by atoms with E-state index in [9.17, 15) is 22.8 Å². The highest BCUT2D eigenvalue weighted by atomic mass is 32.1. The molecule has 0 unspecified atom stereocenters. The summed E-state index contributed by atoms with van der Waals surface area (Å²) < 4.78 is 45.0. The molecule has 0 atom stereocenters. The number of carbonyl (C=O) groups is 1. The standard InChI is InChI=1S/C19H16F3N3O3S/c1-12(26)25(15-5-3-4-6-16(15)28-2)18-23-14(11-29-18)10-24-9-13(19(20,21)22)7-8-17(24)27/h3-9,11H,10H2,1-2H3. The molecule has 2 heterocycles. The summed E-state index contributed by atoms with van der Waals surface area (Å²) in [5.41, 5.74) is -0.667. The first-order valence-electron chi connectivity index (χ1n) is 8.36. The fraction of sp³-hybridized carbons (Fsp3) is 0.211. The lowest BCUT2D eigenvalue weighted by Crippen LogP contribution is -2.24. The van der Waals surface area contributed by atoms with Crippen molar-refractivity contribution in [1.29, 1.82) is 0 Å². The van der Waals surface area contributed by atoms with Gasteiger partial charge < -0.3 is 9.30 Å². The molecule has 0 aliphatic heterocycles. The predicted octanol–water partition coefficient (Wildman–Crippen LogP) is 4.07. The molecule has 1 aromatic carbocycles. The Morgan fingerprint density at radius 2 is 1.97 bits per heavy atom. The van der Waals surface area contributed by atoms with Gasteiger partial charge in [-0.05, 0) is 18.2 Å². The van der Waals surface area contributed by atoms with Crippen LogP contribution in [0, 0.1) is 0 Å². The zero-order chi connectivity index (χ0) is 21.2. The third kappa shape index (κ3) is 4.48. The van der Waals surface area contributed by atoms with Gasteiger partial charge in [0.05, 0.1) is 30.6 Å². The molecule has 0 saturated heterocycles. The number of methoxy groups -OCH3 is 1. The van der Waals surface area contributed by atoms with E-state index in [1.807, 2.05) is 0 Å². The van der Waals surface area contributed by atoms with E-state index in [2.05, 4.69) is 4.98 Å². The predicted molar refractivity (Wildman–Crippen MR) is 103 cm³/mol. The maximum absolute atomic E-state index is 12.9. The van der Waals surface area contributed by atoms with Crippen molar-refractivity contribution in [2.24, 2.45) is 0 Å². The third-order valence-corrected chi connectivity index (χ3v) is 4.89. The average Bonchev–Trinajstić information content (AvgIpc) is 3.11. The Morgan fingerprint density at radius 3 is 2.62 bits per heavy atom. The quantitative estimate of drug-likeness (QED) is 0.621. The van der Waals surface area contributed by atoms with Crippen molar-refractivity contribution in [3.63, 3.8) is 0 Å². The van der Waals surface area contributed by atoms with Crippen LogP contribution in [0.25, 0.3) is 0 Å². The minimum atomic E-state index is -4.56. The molecule has 6 nitrogen and oxygen atoms in total. The summed E-state index contributed by atoms with van der Waals surface area (Å²) in [6, 6.07) is 8.50. The lowest BCUT2D eigenvalue weighted by molar-refractivity contribution is -0.138. The van der Waals surface area contributed by atoms with Crippen molar-refractivity contribution in [2.45, 2.75) is 19.6 Å². The Morgan fingerprint density at radius 1 is 1.24 bits per heavy atom. The average molecular weight is 423 g/mol. The Bertz CT molecular complexity index is 1090. The van der Waals surface area contributed by atoms with Crippen molar-refractivity contribution in [3.8, 4) is 5.75 Å². The van der Waals surface area contributed by atoms with Gasteiger partial charge in [-0.25, -0.2) is 4.98 Å². The minimum absolute atomic E-state index is 0.156. The number of anilines is 2. The first-order valence-corrected chi connectivity index (χ1v) is 9.24. The first kappa shape index (κ1) is 20.6. The Balaban J connectivity index is 1.94. The molecule has 3 aromatic rings. The molecule has 0 aliphatic carbocycles. The van der Waals surface area contributed by atoms with Gasteiger partial charge in [-0.2, -0.15) is 13.2 Å². The zero-order valence-corrected chi connectivity index (χ0v) is 16.3. The molecule has 1 amide bonds. The van der Waals surface area contributed by atoms with E-state index in [0.717, 1.165) is 34.2 Å². The summed E-state index contributed by atoms with van der Waals surface area (Å²) in [5, 5.41) is 1.91. The molecular weight excluding hydrogens is 407 g/mol. The number of halogens is 3. The maximum atomic E-state index is 12.9. The normalized spacial score (nSPS) is 11.3. The molecule has 0 saturated carbocycles. The van der Waals surface area contributed by atoms with Crippen molar-refractivity contribution in [1.82, 2.24) is 9.55 Å². The molecule has 0 bridgehead atoms. The smallest absolute Gasteiger partial charge is 0.417 e. The Labute approximate surface area is 167 Å². The highest BCUT2D eigenvalue weighted by Crippen LogP contribution is 2.35. The minimum Gasteiger partial charge on any atom is -0.495 e. The number of ether oxygens (including phenoxy) is 1. The monoisotopic (exact) mass is 423 g/mol. The third-order valence-electron chi connectivity index (χ3n) is 4.02.